The van der Waals surface area contributed by atoms with Crippen molar-refractivity contribution >= 4 is 16.8 Å². The summed E-state index contributed by atoms with van der Waals surface area (Å²) >= 11 is 0. The van der Waals surface area contributed by atoms with E-state index in [1.54, 1.807) is 16.8 Å². The number of nitrogens with zero attached hydrogens (tertiary/aromatic N) is 4. The lowest BCUT2D eigenvalue weighted by Gasteiger charge is -2.26. The molecule has 1 fully saturated rings. The van der Waals surface area contributed by atoms with E-state index in [1.165, 1.54) is 31.4 Å². The summed E-state index contributed by atoms with van der Waals surface area (Å²) in [5.41, 5.74) is 10.0. The highest BCUT2D eigenvalue weighted by Crippen LogP contribution is 2.29. The number of hydrogen-bond donors (Lipinski definition) is 1. The molecule has 0 atom stereocenters. The number of likely N-dealkylation sites (tertiary alicyclic amines) is 1. The lowest BCUT2D eigenvalue weighted by atomic mass is 10.0. The van der Waals surface area contributed by atoms with Crippen LogP contribution < -0.4 is 5.73 Å². The van der Waals surface area contributed by atoms with Crippen LogP contribution in [-0.2, 0) is 6.54 Å². The molecule has 0 unspecified atom stereocenters. The number of halogens is 1. The number of pyridine rings is 1. The summed E-state index contributed by atoms with van der Waals surface area (Å²) in [6.45, 7) is 3.13. The highest BCUT2D eigenvalue weighted by Gasteiger charge is 2.18. The van der Waals surface area contributed by atoms with Gasteiger partial charge in [0.1, 0.15) is 5.82 Å². The molecular weight excluding hydrogens is 405 g/mol. The molecular formula is C25H24FN5O. The molecule has 0 saturated carbocycles. The van der Waals surface area contributed by atoms with Gasteiger partial charge in [-0.1, -0.05) is 18.6 Å². The first kappa shape index (κ1) is 20.3. The van der Waals surface area contributed by atoms with Gasteiger partial charge in [-0.15, -0.1) is 0 Å². The second-order valence-corrected chi connectivity index (χ2v) is 8.26. The zero-order valence-corrected chi connectivity index (χ0v) is 17.7. The quantitative estimate of drug-likeness (QED) is 0.513. The predicted molar refractivity (Wildman–Crippen MR) is 122 cm³/mol. The number of fused-ring (bicyclic) bond motifs is 1. The SMILES string of the molecule is NC(=O)c1nn(-c2cccc(F)c2)c2ccc(-c3cncc(CN4CCCCC4)c3)cc12. The van der Waals surface area contributed by atoms with Crippen LogP contribution in [0.5, 0.6) is 0 Å². The van der Waals surface area contributed by atoms with Gasteiger partial charge in [0.2, 0.25) is 0 Å². The van der Waals surface area contributed by atoms with E-state index in [0.29, 0.717) is 16.6 Å². The molecule has 162 valence electrons. The first-order valence-corrected chi connectivity index (χ1v) is 10.8. The largest absolute Gasteiger partial charge is 0.364 e. The van der Waals surface area contributed by atoms with Crippen molar-refractivity contribution in [1.29, 1.82) is 0 Å². The van der Waals surface area contributed by atoms with Crippen LogP contribution in [0.15, 0.2) is 60.9 Å². The van der Waals surface area contributed by atoms with E-state index >= 15 is 0 Å². The zero-order valence-electron chi connectivity index (χ0n) is 17.7. The van der Waals surface area contributed by atoms with Gasteiger partial charge in [0.05, 0.1) is 11.2 Å². The Kier molecular flexibility index (Phi) is 5.41. The molecule has 2 aromatic carbocycles. The molecule has 1 saturated heterocycles. The Hall–Kier alpha value is -3.58. The third kappa shape index (κ3) is 3.99. The summed E-state index contributed by atoms with van der Waals surface area (Å²) in [5, 5.41) is 5.01. The third-order valence-electron chi connectivity index (χ3n) is 5.95. The predicted octanol–water partition coefficient (Wildman–Crippen LogP) is 4.31. The standard InChI is InChI=1S/C25H24FN5O/c26-20-5-4-6-21(13-20)31-23-8-7-18(12-22(23)24(29-31)25(27)32)19-11-17(14-28-15-19)16-30-9-2-1-3-10-30/h4-8,11-15H,1-3,9-10,16H2,(H2,27,32). The van der Waals surface area contributed by atoms with Crippen molar-refractivity contribution in [2.24, 2.45) is 5.73 Å². The molecule has 0 aliphatic carbocycles. The molecule has 1 aliphatic rings. The Balaban J connectivity index is 1.54. The van der Waals surface area contributed by atoms with Gasteiger partial charge >= 0.3 is 0 Å². The van der Waals surface area contributed by atoms with E-state index in [-0.39, 0.29) is 11.5 Å². The molecule has 32 heavy (non-hydrogen) atoms. The minimum atomic E-state index is -0.626. The molecule has 2 N–H and O–H groups in total. The summed E-state index contributed by atoms with van der Waals surface area (Å²) in [6, 6.07) is 14.0. The highest BCUT2D eigenvalue weighted by atomic mass is 19.1. The van der Waals surface area contributed by atoms with Crippen molar-refractivity contribution in [3.05, 3.63) is 78.0 Å². The van der Waals surface area contributed by atoms with Crippen LogP contribution in [-0.4, -0.2) is 38.7 Å². The number of hydrogen-bond acceptors (Lipinski definition) is 4. The van der Waals surface area contributed by atoms with Crippen molar-refractivity contribution in [2.45, 2.75) is 25.8 Å². The van der Waals surface area contributed by atoms with Gasteiger partial charge in [-0.2, -0.15) is 5.10 Å². The van der Waals surface area contributed by atoms with Crippen molar-refractivity contribution in [1.82, 2.24) is 19.7 Å². The van der Waals surface area contributed by atoms with Crippen LogP contribution in [0.3, 0.4) is 0 Å². The number of carbonyl (C=O) groups is 1. The third-order valence-corrected chi connectivity index (χ3v) is 5.95. The number of benzene rings is 2. The van der Waals surface area contributed by atoms with Crippen LogP contribution in [0.4, 0.5) is 4.39 Å². The van der Waals surface area contributed by atoms with E-state index in [1.807, 2.05) is 30.6 Å². The number of nitrogens with two attached hydrogens (primary N) is 1. The fourth-order valence-electron chi connectivity index (χ4n) is 4.39. The Morgan fingerprint density at radius 1 is 1.00 bits per heavy atom. The average Bonchev–Trinajstić information content (AvgIpc) is 3.19. The number of primary amides is 1. The number of amides is 1. The lowest BCUT2D eigenvalue weighted by molar-refractivity contribution is 0.0996. The van der Waals surface area contributed by atoms with Gasteiger partial charge in [-0.05, 0) is 73.5 Å². The summed E-state index contributed by atoms with van der Waals surface area (Å²) < 4.78 is 15.3. The van der Waals surface area contributed by atoms with Gasteiger partial charge < -0.3 is 5.73 Å². The smallest absolute Gasteiger partial charge is 0.269 e. The van der Waals surface area contributed by atoms with Crippen LogP contribution in [0.2, 0.25) is 0 Å². The number of aromatic nitrogens is 3. The van der Waals surface area contributed by atoms with Crippen LogP contribution in [0.1, 0.15) is 35.3 Å². The van der Waals surface area contributed by atoms with Gasteiger partial charge in [-0.3, -0.25) is 14.7 Å². The normalized spacial score (nSPS) is 14.7. The van der Waals surface area contributed by atoms with E-state index in [4.69, 9.17) is 5.73 Å². The van der Waals surface area contributed by atoms with Gasteiger partial charge in [-0.25, -0.2) is 9.07 Å². The first-order chi connectivity index (χ1) is 15.6. The summed E-state index contributed by atoms with van der Waals surface area (Å²) in [6.07, 6.45) is 7.53. The molecule has 4 aromatic rings. The Morgan fingerprint density at radius 3 is 2.62 bits per heavy atom. The van der Waals surface area contributed by atoms with Crippen molar-refractivity contribution in [2.75, 3.05) is 13.1 Å². The second-order valence-electron chi connectivity index (χ2n) is 8.26. The summed E-state index contributed by atoms with van der Waals surface area (Å²) in [7, 11) is 0. The molecule has 6 nitrogen and oxygen atoms in total. The lowest BCUT2D eigenvalue weighted by Crippen LogP contribution is -2.29. The van der Waals surface area contributed by atoms with E-state index in [9.17, 15) is 9.18 Å². The fourth-order valence-corrected chi connectivity index (χ4v) is 4.39. The van der Waals surface area contributed by atoms with Crippen LogP contribution in [0, 0.1) is 5.82 Å². The topological polar surface area (TPSA) is 77.0 Å². The summed E-state index contributed by atoms with van der Waals surface area (Å²) in [4.78, 5) is 19.0. The molecule has 0 radical (unpaired) electrons. The minimum Gasteiger partial charge on any atom is -0.364 e. The average molecular weight is 429 g/mol. The maximum atomic E-state index is 13.8. The first-order valence-electron chi connectivity index (χ1n) is 10.8. The molecule has 1 aliphatic heterocycles. The van der Waals surface area contributed by atoms with Crippen LogP contribution in [0.25, 0.3) is 27.7 Å². The van der Waals surface area contributed by atoms with Crippen molar-refractivity contribution in [3.63, 3.8) is 0 Å². The Morgan fingerprint density at radius 2 is 1.84 bits per heavy atom. The molecule has 2 aromatic heterocycles. The monoisotopic (exact) mass is 429 g/mol. The van der Waals surface area contributed by atoms with Crippen molar-refractivity contribution in [3.8, 4) is 16.8 Å². The van der Waals surface area contributed by atoms with Crippen molar-refractivity contribution < 1.29 is 9.18 Å². The number of piperidine rings is 1. The van der Waals surface area contributed by atoms with Gasteiger partial charge in [0, 0.05) is 29.9 Å². The Bertz CT molecular complexity index is 1290. The second kappa shape index (κ2) is 8.51. The van der Waals surface area contributed by atoms with E-state index < -0.39 is 5.91 Å². The minimum absolute atomic E-state index is 0.156. The number of carbonyl (C=O) groups excluding carboxylic acids is 1. The van der Waals surface area contributed by atoms with Gasteiger partial charge in [0.25, 0.3) is 5.91 Å². The molecule has 1 amide bonds. The van der Waals surface area contributed by atoms with E-state index in [0.717, 1.165) is 36.3 Å². The zero-order chi connectivity index (χ0) is 22.1. The molecule has 5 rings (SSSR count). The summed E-state index contributed by atoms with van der Waals surface area (Å²) in [5.74, 6) is -1.00. The van der Waals surface area contributed by atoms with Crippen LogP contribution >= 0.6 is 0 Å². The molecule has 3 heterocycles. The molecule has 0 spiro atoms. The maximum Gasteiger partial charge on any atom is 0.269 e. The number of rotatable bonds is 5. The molecule has 7 heteroatoms. The molecule has 0 bridgehead atoms. The maximum absolute atomic E-state index is 13.8. The van der Waals surface area contributed by atoms with Gasteiger partial charge in [0.15, 0.2) is 5.69 Å². The fraction of sp³-hybridized carbons (Fsp3) is 0.240. The highest BCUT2D eigenvalue weighted by molar-refractivity contribution is 6.05. The Labute approximate surface area is 185 Å². The van der Waals surface area contributed by atoms with E-state index in [2.05, 4.69) is 21.0 Å².